The van der Waals surface area contributed by atoms with Gasteiger partial charge in [-0.2, -0.15) is 0 Å². The summed E-state index contributed by atoms with van der Waals surface area (Å²) in [5.74, 6) is 0.690. The van der Waals surface area contributed by atoms with Gasteiger partial charge in [-0.1, -0.05) is 140 Å². The van der Waals surface area contributed by atoms with Crippen molar-refractivity contribution in [2.75, 3.05) is 0 Å². The van der Waals surface area contributed by atoms with Crippen molar-refractivity contribution >= 4 is 32.7 Å². The zero-order chi connectivity index (χ0) is 31.2. The average molecular weight is 601 g/mol. The molecule has 0 aliphatic rings. The number of furan rings is 1. The molecule has 0 saturated carbocycles. The Kier molecular flexibility index (Phi) is 6.46. The van der Waals surface area contributed by atoms with E-state index < -0.39 is 0 Å². The summed E-state index contributed by atoms with van der Waals surface area (Å²) < 4.78 is 6.66. The Balaban J connectivity index is 1.20. The molecule has 3 heteroatoms. The quantitative estimate of drug-likeness (QED) is 0.197. The highest BCUT2D eigenvalue weighted by atomic mass is 16.3. The molecule has 9 aromatic rings. The van der Waals surface area contributed by atoms with Crippen molar-refractivity contribution in [3.8, 4) is 56.2 Å². The van der Waals surface area contributed by atoms with E-state index in [4.69, 9.17) is 14.4 Å². The number of aromatic nitrogens is 2. The van der Waals surface area contributed by atoms with Gasteiger partial charge in [-0.25, -0.2) is 9.97 Å². The van der Waals surface area contributed by atoms with E-state index in [1.54, 1.807) is 0 Å². The van der Waals surface area contributed by atoms with Gasteiger partial charge in [-0.3, -0.25) is 0 Å². The van der Waals surface area contributed by atoms with E-state index in [1.807, 2.05) is 36.4 Å². The van der Waals surface area contributed by atoms with Crippen LogP contribution in [0.1, 0.15) is 0 Å². The highest BCUT2D eigenvalue weighted by molar-refractivity contribution is 6.14. The molecule has 220 valence electrons. The molecule has 0 spiro atoms. The van der Waals surface area contributed by atoms with Gasteiger partial charge in [0.1, 0.15) is 11.2 Å². The molecular formula is C44H28N2O. The van der Waals surface area contributed by atoms with E-state index in [9.17, 15) is 0 Å². The third-order valence-corrected chi connectivity index (χ3v) is 8.87. The van der Waals surface area contributed by atoms with Gasteiger partial charge < -0.3 is 4.42 Å². The van der Waals surface area contributed by atoms with Crippen LogP contribution in [0.25, 0.3) is 88.9 Å². The van der Waals surface area contributed by atoms with Gasteiger partial charge >= 0.3 is 0 Å². The number of hydrogen-bond acceptors (Lipinski definition) is 3. The Morgan fingerprint density at radius 3 is 1.51 bits per heavy atom. The largest absolute Gasteiger partial charge is 0.455 e. The van der Waals surface area contributed by atoms with Crippen LogP contribution >= 0.6 is 0 Å². The van der Waals surface area contributed by atoms with E-state index in [1.165, 1.54) is 16.3 Å². The Hall–Kier alpha value is -6.32. The topological polar surface area (TPSA) is 38.9 Å². The van der Waals surface area contributed by atoms with Gasteiger partial charge in [0.15, 0.2) is 5.82 Å². The van der Waals surface area contributed by atoms with Crippen molar-refractivity contribution < 1.29 is 4.42 Å². The van der Waals surface area contributed by atoms with E-state index in [0.29, 0.717) is 5.82 Å². The molecule has 0 aliphatic heterocycles. The molecule has 0 radical (unpaired) electrons. The van der Waals surface area contributed by atoms with Crippen molar-refractivity contribution in [1.29, 1.82) is 0 Å². The van der Waals surface area contributed by atoms with Crippen LogP contribution in [0.15, 0.2) is 174 Å². The van der Waals surface area contributed by atoms with Crippen LogP contribution in [0.4, 0.5) is 0 Å². The predicted octanol–water partition coefficient (Wildman–Crippen LogP) is 11.9. The third kappa shape index (κ3) is 4.95. The first-order chi connectivity index (χ1) is 23.3. The maximum Gasteiger partial charge on any atom is 0.160 e. The lowest BCUT2D eigenvalue weighted by Crippen LogP contribution is -1.96. The molecule has 0 N–H and O–H groups in total. The molecule has 47 heavy (non-hydrogen) atoms. The summed E-state index contributed by atoms with van der Waals surface area (Å²) >= 11 is 0. The molecule has 0 atom stereocenters. The summed E-state index contributed by atoms with van der Waals surface area (Å²) in [6.07, 6.45) is 0. The van der Waals surface area contributed by atoms with Crippen LogP contribution < -0.4 is 0 Å². The standard InChI is InChI=1S/C44H28N2O/c1-4-12-29(13-5-1)36-25-37(43-39(26-36)38-24-34-18-10-11-19-35(34)27-42(38)47-43)30-20-22-33(23-21-30)44-45-40(31-14-6-2-7-15-31)28-41(46-44)32-16-8-3-9-17-32/h1-28H. The van der Waals surface area contributed by atoms with E-state index >= 15 is 0 Å². The SMILES string of the molecule is c1ccc(-c2cc(-c3ccc(-c4nc(-c5ccccc5)cc(-c5ccccc5)n4)cc3)c3oc4cc5ccccc5cc4c3c2)cc1. The molecule has 0 unspecified atom stereocenters. The first-order valence-electron chi connectivity index (χ1n) is 15.8. The van der Waals surface area contributed by atoms with Crippen molar-refractivity contribution in [3.63, 3.8) is 0 Å². The molecule has 7 aromatic carbocycles. The van der Waals surface area contributed by atoms with Gasteiger partial charge in [-0.05, 0) is 57.8 Å². The fourth-order valence-electron chi connectivity index (χ4n) is 6.46. The Bertz CT molecular complexity index is 2480. The van der Waals surface area contributed by atoms with Gasteiger partial charge in [0, 0.05) is 33.0 Å². The van der Waals surface area contributed by atoms with Crippen LogP contribution in [-0.2, 0) is 0 Å². The first kappa shape index (κ1) is 27.0. The van der Waals surface area contributed by atoms with Gasteiger partial charge in [0.2, 0.25) is 0 Å². The molecule has 2 aromatic heterocycles. The van der Waals surface area contributed by atoms with E-state index in [0.717, 1.165) is 66.7 Å². The van der Waals surface area contributed by atoms with Crippen molar-refractivity contribution in [1.82, 2.24) is 9.97 Å². The normalized spacial score (nSPS) is 11.4. The number of benzene rings is 7. The average Bonchev–Trinajstić information content (AvgIpc) is 3.51. The molecule has 9 rings (SSSR count). The molecule has 0 saturated heterocycles. The summed E-state index contributed by atoms with van der Waals surface area (Å²) in [6, 6.07) is 59.1. The third-order valence-electron chi connectivity index (χ3n) is 8.87. The lowest BCUT2D eigenvalue weighted by atomic mass is 9.95. The second kappa shape index (κ2) is 11.2. The monoisotopic (exact) mass is 600 g/mol. The summed E-state index contributed by atoms with van der Waals surface area (Å²) in [6.45, 7) is 0. The second-order valence-electron chi connectivity index (χ2n) is 11.8. The maximum absolute atomic E-state index is 6.66. The predicted molar refractivity (Wildman–Crippen MR) is 194 cm³/mol. The van der Waals surface area contributed by atoms with Crippen LogP contribution in [0, 0.1) is 0 Å². The van der Waals surface area contributed by atoms with Crippen LogP contribution in [0.2, 0.25) is 0 Å². The minimum absolute atomic E-state index is 0.690. The van der Waals surface area contributed by atoms with Gasteiger partial charge in [0.05, 0.1) is 11.4 Å². The van der Waals surface area contributed by atoms with Crippen LogP contribution in [0.5, 0.6) is 0 Å². The van der Waals surface area contributed by atoms with Crippen molar-refractivity contribution in [2.24, 2.45) is 0 Å². The summed E-state index contributed by atoms with van der Waals surface area (Å²) in [5.41, 5.74) is 11.1. The lowest BCUT2D eigenvalue weighted by Gasteiger charge is -2.11. The molecule has 0 aliphatic carbocycles. The zero-order valence-electron chi connectivity index (χ0n) is 25.5. The first-order valence-corrected chi connectivity index (χ1v) is 15.8. The summed E-state index contributed by atoms with van der Waals surface area (Å²) in [5, 5.41) is 4.60. The van der Waals surface area contributed by atoms with E-state index in [2.05, 4.69) is 133 Å². The molecular weight excluding hydrogens is 572 g/mol. The van der Waals surface area contributed by atoms with Crippen molar-refractivity contribution in [3.05, 3.63) is 170 Å². The van der Waals surface area contributed by atoms with E-state index in [-0.39, 0.29) is 0 Å². The minimum atomic E-state index is 0.690. The molecule has 0 bridgehead atoms. The Morgan fingerprint density at radius 2 is 0.894 bits per heavy atom. The Morgan fingerprint density at radius 1 is 0.362 bits per heavy atom. The maximum atomic E-state index is 6.66. The fourth-order valence-corrected chi connectivity index (χ4v) is 6.46. The molecule has 0 fully saturated rings. The van der Waals surface area contributed by atoms with Gasteiger partial charge in [0.25, 0.3) is 0 Å². The second-order valence-corrected chi connectivity index (χ2v) is 11.8. The lowest BCUT2D eigenvalue weighted by molar-refractivity contribution is 0.670. The molecule has 2 heterocycles. The van der Waals surface area contributed by atoms with Crippen LogP contribution in [-0.4, -0.2) is 9.97 Å². The highest BCUT2D eigenvalue weighted by Gasteiger charge is 2.17. The van der Waals surface area contributed by atoms with Gasteiger partial charge in [-0.15, -0.1) is 0 Å². The fraction of sp³-hybridized carbons (Fsp3) is 0. The highest BCUT2D eigenvalue weighted by Crippen LogP contribution is 2.41. The van der Waals surface area contributed by atoms with Crippen molar-refractivity contribution in [2.45, 2.75) is 0 Å². The van der Waals surface area contributed by atoms with Crippen LogP contribution in [0.3, 0.4) is 0 Å². The summed E-state index contributed by atoms with van der Waals surface area (Å²) in [7, 11) is 0. The zero-order valence-corrected chi connectivity index (χ0v) is 25.5. The number of fused-ring (bicyclic) bond motifs is 4. The minimum Gasteiger partial charge on any atom is -0.455 e. The number of rotatable bonds is 5. The smallest absolute Gasteiger partial charge is 0.160 e. The molecule has 3 nitrogen and oxygen atoms in total. The molecule has 0 amide bonds. The Labute approximate surface area is 272 Å². The number of hydrogen-bond donors (Lipinski definition) is 0. The number of nitrogens with zero attached hydrogens (tertiary/aromatic N) is 2. The summed E-state index contributed by atoms with van der Waals surface area (Å²) in [4.78, 5) is 10.1.